The molecule has 1 aromatic carbocycles. The molecule has 0 unspecified atom stereocenters. The Bertz CT molecular complexity index is 407. The van der Waals surface area contributed by atoms with E-state index in [1.807, 2.05) is 11.0 Å². The summed E-state index contributed by atoms with van der Waals surface area (Å²) in [6.45, 7) is 3.84. The van der Waals surface area contributed by atoms with Gasteiger partial charge in [-0.25, -0.2) is 0 Å². The number of nitrogens with two attached hydrogens (primary N) is 1. The second kappa shape index (κ2) is 6.68. The van der Waals surface area contributed by atoms with E-state index in [9.17, 15) is 4.79 Å². The van der Waals surface area contributed by atoms with E-state index in [-0.39, 0.29) is 12.5 Å². The van der Waals surface area contributed by atoms with Crippen LogP contribution in [0.2, 0.25) is 0 Å². The quantitative estimate of drug-likeness (QED) is 0.857. The van der Waals surface area contributed by atoms with Crippen LogP contribution in [-0.2, 0) is 11.3 Å². The summed E-state index contributed by atoms with van der Waals surface area (Å²) in [5, 5.41) is 0. The zero-order valence-electron chi connectivity index (χ0n) is 11.6. The Labute approximate surface area is 115 Å². The molecule has 4 nitrogen and oxygen atoms in total. The first-order valence-corrected chi connectivity index (χ1v) is 6.89. The van der Waals surface area contributed by atoms with Gasteiger partial charge >= 0.3 is 0 Å². The van der Waals surface area contributed by atoms with Gasteiger partial charge in [0.15, 0.2) is 0 Å². The van der Waals surface area contributed by atoms with Crippen molar-refractivity contribution in [2.75, 3.05) is 33.2 Å². The van der Waals surface area contributed by atoms with Crippen molar-refractivity contribution < 1.29 is 4.79 Å². The molecule has 0 aromatic heterocycles. The lowest BCUT2D eigenvalue weighted by molar-refractivity contribution is -0.128. The number of hydrogen-bond acceptors (Lipinski definition) is 3. The molecule has 1 atom stereocenters. The van der Waals surface area contributed by atoms with Crippen LogP contribution in [0.3, 0.4) is 0 Å². The second-order valence-corrected chi connectivity index (χ2v) is 5.38. The van der Waals surface area contributed by atoms with Gasteiger partial charge < -0.3 is 15.5 Å². The lowest BCUT2D eigenvalue weighted by Gasteiger charge is -2.21. The van der Waals surface area contributed by atoms with Crippen LogP contribution in [0.15, 0.2) is 30.3 Å². The Balaban J connectivity index is 1.78. The lowest BCUT2D eigenvalue weighted by atomic mass is 10.1. The molecule has 1 amide bonds. The van der Waals surface area contributed by atoms with Gasteiger partial charge in [0.1, 0.15) is 0 Å². The maximum atomic E-state index is 11.5. The van der Waals surface area contributed by atoms with Crippen molar-refractivity contribution in [3.8, 4) is 0 Å². The molecule has 1 aliphatic rings. The van der Waals surface area contributed by atoms with Crippen LogP contribution < -0.4 is 5.73 Å². The fourth-order valence-electron chi connectivity index (χ4n) is 2.74. The summed E-state index contributed by atoms with van der Waals surface area (Å²) in [5.41, 5.74) is 6.73. The fraction of sp³-hybridized carbons (Fsp3) is 0.533. The van der Waals surface area contributed by atoms with Gasteiger partial charge in [-0.05, 0) is 24.9 Å². The molecule has 104 valence electrons. The number of amides is 1. The van der Waals surface area contributed by atoms with E-state index in [4.69, 9.17) is 5.73 Å². The van der Waals surface area contributed by atoms with Crippen LogP contribution in [0.5, 0.6) is 0 Å². The average Bonchev–Trinajstić information content (AvgIpc) is 2.87. The third-order valence-corrected chi connectivity index (χ3v) is 3.68. The molecule has 1 saturated heterocycles. The van der Waals surface area contributed by atoms with Gasteiger partial charge in [0.2, 0.25) is 5.91 Å². The number of benzene rings is 1. The Morgan fingerprint density at radius 2 is 2.16 bits per heavy atom. The third kappa shape index (κ3) is 4.04. The molecule has 0 bridgehead atoms. The van der Waals surface area contributed by atoms with E-state index >= 15 is 0 Å². The minimum atomic E-state index is 0.0770. The van der Waals surface area contributed by atoms with Gasteiger partial charge in [-0.1, -0.05) is 30.3 Å². The van der Waals surface area contributed by atoms with Crippen molar-refractivity contribution in [1.82, 2.24) is 9.80 Å². The van der Waals surface area contributed by atoms with Gasteiger partial charge in [0.25, 0.3) is 0 Å². The molecule has 1 fully saturated rings. The summed E-state index contributed by atoms with van der Waals surface area (Å²) in [6, 6.07) is 10.5. The highest BCUT2D eigenvalue weighted by atomic mass is 16.2. The minimum Gasteiger partial charge on any atom is -0.341 e. The highest BCUT2D eigenvalue weighted by Gasteiger charge is 2.26. The summed E-state index contributed by atoms with van der Waals surface area (Å²) in [4.78, 5) is 15.7. The van der Waals surface area contributed by atoms with Crippen LogP contribution >= 0.6 is 0 Å². The van der Waals surface area contributed by atoms with Crippen molar-refractivity contribution >= 4 is 5.91 Å². The Morgan fingerprint density at radius 1 is 1.42 bits per heavy atom. The first kappa shape index (κ1) is 14.0. The van der Waals surface area contributed by atoms with Crippen LogP contribution in [0, 0.1) is 5.92 Å². The van der Waals surface area contributed by atoms with Crippen LogP contribution in [0.1, 0.15) is 12.0 Å². The zero-order chi connectivity index (χ0) is 13.7. The first-order chi connectivity index (χ1) is 9.19. The first-order valence-electron chi connectivity index (χ1n) is 6.89. The molecule has 2 rings (SSSR count). The van der Waals surface area contributed by atoms with Gasteiger partial charge in [-0.2, -0.15) is 0 Å². The summed E-state index contributed by atoms with van der Waals surface area (Å²) in [6.07, 6.45) is 1.09. The van der Waals surface area contributed by atoms with Crippen molar-refractivity contribution in [3.05, 3.63) is 35.9 Å². The molecule has 2 N–H and O–H groups in total. The highest BCUT2D eigenvalue weighted by Crippen LogP contribution is 2.17. The smallest absolute Gasteiger partial charge is 0.236 e. The molecule has 4 heteroatoms. The van der Waals surface area contributed by atoms with Crippen LogP contribution in [0.4, 0.5) is 0 Å². The van der Waals surface area contributed by atoms with E-state index < -0.39 is 0 Å². The molecule has 0 aliphatic carbocycles. The maximum absolute atomic E-state index is 11.5. The standard InChI is InChI=1S/C15H23N3O/c1-17(10-13-5-3-2-4-6-13)11-14-7-8-18(12-14)15(19)9-16/h2-6,14H,7-12,16H2,1H3/t14-/m1/s1. The third-order valence-electron chi connectivity index (χ3n) is 3.68. The van der Waals surface area contributed by atoms with Gasteiger partial charge in [-0.3, -0.25) is 4.79 Å². The number of carbonyl (C=O) groups is 1. The molecule has 1 aliphatic heterocycles. The molecule has 0 radical (unpaired) electrons. The molecule has 1 heterocycles. The Hall–Kier alpha value is -1.39. The summed E-state index contributed by atoms with van der Waals surface area (Å²) < 4.78 is 0. The van der Waals surface area contributed by atoms with Crippen molar-refractivity contribution in [3.63, 3.8) is 0 Å². The number of hydrogen-bond donors (Lipinski definition) is 1. The molecule has 0 spiro atoms. The van der Waals surface area contributed by atoms with E-state index in [1.54, 1.807) is 0 Å². The van der Waals surface area contributed by atoms with Crippen molar-refractivity contribution in [2.45, 2.75) is 13.0 Å². The van der Waals surface area contributed by atoms with Gasteiger partial charge in [0.05, 0.1) is 6.54 Å². The molecule has 19 heavy (non-hydrogen) atoms. The fourth-order valence-corrected chi connectivity index (χ4v) is 2.74. The van der Waals surface area contributed by atoms with E-state index in [0.29, 0.717) is 5.92 Å². The predicted molar refractivity (Wildman–Crippen MR) is 76.5 cm³/mol. The lowest BCUT2D eigenvalue weighted by Crippen LogP contribution is -2.35. The maximum Gasteiger partial charge on any atom is 0.236 e. The minimum absolute atomic E-state index is 0.0770. The molecular weight excluding hydrogens is 238 g/mol. The van der Waals surface area contributed by atoms with Crippen LogP contribution in [-0.4, -0.2) is 48.9 Å². The number of likely N-dealkylation sites (tertiary alicyclic amines) is 1. The molecule has 1 aromatic rings. The number of carbonyl (C=O) groups excluding carboxylic acids is 1. The van der Waals surface area contributed by atoms with Gasteiger partial charge in [0, 0.05) is 26.2 Å². The second-order valence-electron chi connectivity index (χ2n) is 5.38. The van der Waals surface area contributed by atoms with Crippen molar-refractivity contribution in [2.24, 2.45) is 11.7 Å². The van der Waals surface area contributed by atoms with Crippen LogP contribution in [0.25, 0.3) is 0 Å². The Morgan fingerprint density at radius 3 is 2.84 bits per heavy atom. The van der Waals surface area contributed by atoms with E-state index in [0.717, 1.165) is 32.6 Å². The summed E-state index contributed by atoms with van der Waals surface area (Å²) >= 11 is 0. The van der Waals surface area contributed by atoms with Gasteiger partial charge in [-0.15, -0.1) is 0 Å². The number of nitrogens with zero attached hydrogens (tertiary/aromatic N) is 2. The number of rotatable bonds is 5. The summed E-state index contributed by atoms with van der Waals surface area (Å²) in [7, 11) is 2.14. The predicted octanol–water partition coefficient (Wildman–Crippen LogP) is 0.926. The van der Waals surface area contributed by atoms with E-state index in [1.165, 1.54) is 5.56 Å². The van der Waals surface area contributed by atoms with Crippen molar-refractivity contribution in [1.29, 1.82) is 0 Å². The molecule has 0 saturated carbocycles. The van der Waals surface area contributed by atoms with E-state index in [2.05, 4.69) is 36.2 Å². The Kier molecular flexibility index (Phi) is 4.93. The zero-order valence-corrected chi connectivity index (χ0v) is 11.6. The monoisotopic (exact) mass is 261 g/mol. The SMILES string of the molecule is CN(Cc1ccccc1)C[C@H]1CCN(C(=O)CN)C1. The molecular formula is C15H23N3O. The normalized spacial score (nSPS) is 19.1. The topological polar surface area (TPSA) is 49.6 Å². The average molecular weight is 261 g/mol. The summed E-state index contributed by atoms with van der Waals surface area (Å²) in [5.74, 6) is 0.650. The highest BCUT2D eigenvalue weighted by molar-refractivity contribution is 5.78. The largest absolute Gasteiger partial charge is 0.341 e.